The fourth-order valence-electron chi connectivity index (χ4n) is 6.19. The highest BCUT2D eigenvalue weighted by atomic mass is 35.5. The van der Waals surface area contributed by atoms with E-state index in [4.69, 9.17) is 34.7 Å². The van der Waals surface area contributed by atoms with E-state index in [0.29, 0.717) is 45.3 Å². The van der Waals surface area contributed by atoms with Crippen molar-refractivity contribution in [2.75, 3.05) is 13.1 Å². The molecule has 0 fully saturated rings. The van der Waals surface area contributed by atoms with Crippen molar-refractivity contribution < 1.29 is 47.1 Å². The van der Waals surface area contributed by atoms with Gasteiger partial charge in [0.15, 0.2) is 11.6 Å². The average Bonchev–Trinajstić information content (AvgIpc) is 3.85. The van der Waals surface area contributed by atoms with Crippen molar-refractivity contribution in [1.29, 1.82) is 0 Å². The fourth-order valence-corrected chi connectivity index (χ4v) is 6.42. The molecule has 4 atom stereocenters. The highest BCUT2D eigenvalue weighted by Crippen LogP contribution is 2.23. The Morgan fingerprint density at radius 1 is 0.661 bits per heavy atom. The third-order valence-corrected chi connectivity index (χ3v) is 9.50. The molecule has 0 radical (unpaired) electrons. The zero-order valence-corrected chi connectivity index (χ0v) is 36.0. The van der Waals surface area contributed by atoms with Crippen LogP contribution in [0.2, 0.25) is 0 Å². The molecule has 0 aliphatic heterocycles. The van der Waals surface area contributed by atoms with Crippen LogP contribution in [0.1, 0.15) is 87.2 Å². The summed E-state index contributed by atoms with van der Waals surface area (Å²) in [7, 11) is 0. The third-order valence-electron chi connectivity index (χ3n) is 9.13. The first kappa shape index (κ1) is 50.3. The van der Waals surface area contributed by atoms with Crippen molar-refractivity contribution in [3.63, 3.8) is 0 Å². The Balaban J connectivity index is 0.000000330. The number of nitrogens with one attached hydrogen (secondary N) is 4. The third kappa shape index (κ3) is 15.8. The van der Waals surface area contributed by atoms with Gasteiger partial charge in [0.2, 0.25) is 23.6 Å². The molecule has 0 aliphatic rings. The number of hydrogen-bond donors (Lipinski definition) is 6. The summed E-state index contributed by atoms with van der Waals surface area (Å²) < 4.78 is 26.6. The van der Waals surface area contributed by atoms with Gasteiger partial charge in [0.1, 0.15) is 0 Å². The molecule has 0 saturated carbocycles. The van der Waals surface area contributed by atoms with Gasteiger partial charge in [0.25, 0.3) is 23.1 Å². The molecule has 6 amide bonds. The number of alkyl halides is 4. The summed E-state index contributed by atoms with van der Waals surface area (Å²) in [4.78, 5) is 111. The maximum absolute atomic E-state index is 13.3. The summed E-state index contributed by atoms with van der Waals surface area (Å²) in [6.07, 6.45) is 6.20. The van der Waals surface area contributed by atoms with Gasteiger partial charge in [-0.05, 0) is 48.9 Å². The van der Waals surface area contributed by atoms with E-state index in [1.165, 1.54) is 0 Å². The lowest BCUT2D eigenvalue weighted by molar-refractivity contribution is -0.145. The number of fused-ring (bicyclic) bond motifs is 2. The van der Waals surface area contributed by atoms with Gasteiger partial charge in [0, 0.05) is 60.7 Å². The van der Waals surface area contributed by atoms with Crippen LogP contribution in [-0.2, 0) is 28.8 Å². The minimum absolute atomic E-state index is 0.0622. The number of H-pyrrole nitrogens is 2. The minimum Gasteiger partial charge on any atom is -0.370 e. The Kier molecular flexibility index (Phi) is 19.4. The predicted octanol–water partition coefficient (Wildman–Crippen LogP) is 4.14. The van der Waals surface area contributed by atoms with E-state index in [1.807, 2.05) is 27.7 Å². The Morgan fingerprint density at radius 2 is 1.02 bits per heavy atom. The van der Waals surface area contributed by atoms with E-state index in [1.54, 1.807) is 49.1 Å². The number of carbonyl (C=O) groups is 8. The van der Waals surface area contributed by atoms with Crippen LogP contribution in [0.4, 0.5) is 8.78 Å². The van der Waals surface area contributed by atoms with Gasteiger partial charge >= 0.3 is 0 Å². The van der Waals surface area contributed by atoms with E-state index < -0.39 is 58.5 Å². The molecule has 0 spiro atoms. The molecule has 0 bridgehead atoms. The van der Waals surface area contributed by atoms with E-state index in [0.717, 1.165) is 10.8 Å². The number of hydrazine groups is 2. The van der Waals surface area contributed by atoms with Gasteiger partial charge in [0.05, 0.1) is 47.9 Å². The molecule has 0 aromatic carbocycles. The number of aromatic nitrogens is 4. The molecule has 0 unspecified atom stereocenters. The zero-order valence-electron chi connectivity index (χ0n) is 34.5. The van der Waals surface area contributed by atoms with Crippen molar-refractivity contribution in [2.45, 2.75) is 77.5 Å². The smallest absolute Gasteiger partial charge is 0.291 e. The summed E-state index contributed by atoms with van der Waals surface area (Å²) in [5, 5.41) is 2.86. The first-order valence-electron chi connectivity index (χ1n) is 19.4. The number of carbonyl (C=O) groups excluding carboxylic acids is 8. The fraction of sp³-hybridized carbons (Fsp3) is 0.450. The van der Waals surface area contributed by atoms with Crippen molar-refractivity contribution in [3.8, 4) is 0 Å². The SMILES string of the molecule is CC(C)C[C@H](CC(=O)c1cc2ccncc2[nH]1)C(=O)NN(CCC(N)=O)C(=O)[C@@H](F)Cl.CC(C)C[C@H](CC(=O)c1cc2ccncc2[nH]1)C(=O)NN(CCC(N)=O)C(=O)[C@H](F)Cl. The first-order valence-corrected chi connectivity index (χ1v) is 20.3. The first-order chi connectivity index (χ1) is 29.2. The summed E-state index contributed by atoms with van der Waals surface area (Å²) >= 11 is 10.4. The van der Waals surface area contributed by atoms with Gasteiger partial charge in [-0.3, -0.25) is 59.2 Å². The van der Waals surface area contributed by atoms with Gasteiger partial charge in [-0.2, -0.15) is 0 Å². The largest absolute Gasteiger partial charge is 0.370 e. The molecule has 336 valence electrons. The highest BCUT2D eigenvalue weighted by Gasteiger charge is 2.31. The number of ketones is 2. The van der Waals surface area contributed by atoms with Crippen LogP contribution >= 0.6 is 23.2 Å². The highest BCUT2D eigenvalue weighted by molar-refractivity contribution is 6.29. The van der Waals surface area contributed by atoms with Gasteiger partial charge < -0.3 is 21.4 Å². The van der Waals surface area contributed by atoms with Gasteiger partial charge in [-0.15, -0.1) is 0 Å². The molecular weight excluding hydrogens is 857 g/mol. The standard InChI is InChI=1S/2C20H25ClFN5O4/c2*1-11(2)7-13(9-16(28)14-8-12-3-5-24-10-15(12)25-14)19(30)26-27(6-4-17(23)29)20(31)18(21)22/h2*3,5,8,10-11,13,18,25H,4,6-7,9H2,1-2H3,(H2,23,29)(H,26,30)/t13-,18+;13-,18-/m11/s1. The number of pyridine rings is 2. The van der Waals surface area contributed by atoms with Crippen LogP contribution in [0, 0.1) is 23.7 Å². The monoisotopic (exact) mass is 906 g/mol. The molecule has 0 aliphatic carbocycles. The number of primary amides is 2. The average molecular weight is 908 g/mol. The van der Waals surface area contributed by atoms with Crippen LogP contribution in [-0.4, -0.2) is 101 Å². The number of hydrogen-bond acceptors (Lipinski definition) is 10. The van der Waals surface area contributed by atoms with Crippen LogP contribution in [0.25, 0.3) is 21.8 Å². The number of nitrogens with two attached hydrogens (primary N) is 2. The normalized spacial score (nSPS) is 13.1. The molecule has 8 N–H and O–H groups in total. The molecule has 4 rings (SSSR count). The molecule has 18 nitrogen and oxygen atoms in total. The number of amides is 6. The summed E-state index contributed by atoms with van der Waals surface area (Å²) in [5.41, 5.74) is 11.9. The second-order valence-electron chi connectivity index (χ2n) is 15.2. The Morgan fingerprint density at radius 3 is 1.31 bits per heavy atom. The number of Topliss-reactive ketones (excluding diaryl/α,β-unsaturated/α-hetero) is 2. The summed E-state index contributed by atoms with van der Waals surface area (Å²) in [5.74, 6) is -7.31. The minimum atomic E-state index is -2.40. The Labute approximate surface area is 365 Å². The second kappa shape index (κ2) is 23.8. The second-order valence-corrected chi connectivity index (χ2v) is 15.9. The predicted molar refractivity (Wildman–Crippen MR) is 225 cm³/mol. The molecule has 4 aromatic rings. The maximum atomic E-state index is 13.3. The van der Waals surface area contributed by atoms with E-state index >= 15 is 0 Å². The van der Waals surface area contributed by atoms with Crippen LogP contribution < -0.4 is 22.3 Å². The van der Waals surface area contributed by atoms with Crippen LogP contribution in [0.5, 0.6) is 0 Å². The van der Waals surface area contributed by atoms with Crippen LogP contribution in [0.15, 0.2) is 49.1 Å². The summed E-state index contributed by atoms with van der Waals surface area (Å²) in [6.45, 7) is 6.84. The molecule has 4 aromatic heterocycles. The Bertz CT molecular complexity index is 2010. The number of halogens is 4. The topological polar surface area (TPSA) is 276 Å². The number of aromatic amines is 2. The molecule has 0 saturated heterocycles. The molecular formula is C40H50Cl2F2N10O8. The van der Waals surface area contributed by atoms with E-state index in [2.05, 4.69) is 30.8 Å². The van der Waals surface area contributed by atoms with Crippen molar-refractivity contribution in [2.24, 2.45) is 35.1 Å². The zero-order chi connectivity index (χ0) is 46.3. The maximum Gasteiger partial charge on any atom is 0.291 e. The van der Waals surface area contributed by atoms with Crippen molar-refractivity contribution >= 4 is 92.0 Å². The molecule has 22 heteroatoms. The van der Waals surface area contributed by atoms with Gasteiger partial charge in [-0.1, -0.05) is 50.9 Å². The Hall–Kier alpha value is -6.02. The number of rotatable bonds is 20. The van der Waals surface area contributed by atoms with Crippen LogP contribution in [0.3, 0.4) is 0 Å². The van der Waals surface area contributed by atoms with E-state index in [-0.39, 0.29) is 62.2 Å². The lowest BCUT2D eigenvalue weighted by atomic mass is 9.91. The summed E-state index contributed by atoms with van der Waals surface area (Å²) in [6, 6.07) is 6.85. The quantitative estimate of drug-likeness (QED) is 0.0419. The van der Waals surface area contributed by atoms with Crippen molar-refractivity contribution in [3.05, 3.63) is 60.4 Å². The number of nitrogens with zero attached hydrogens (tertiary/aromatic N) is 4. The molecule has 62 heavy (non-hydrogen) atoms. The lowest BCUT2D eigenvalue weighted by Gasteiger charge is -2.26. The van der Waals surface area contributed by atoms with Crippen molar-refractivity contribution in [1.82, 2.24) is 40.8 Å². The van der Waals surface area contributed by atoms with Gasteiger partial charge in [-0.25, -0.2) is 18.8 Å². The lowest BCUT2D eigenvalue weighted by Crippen LogP contribution is -2.51. The molecule has 4 heterocycles. The van der Waals surface area contributed by atoms with E-state index in [9.17, 15) is 47.1 Å².